The maximum Gasteiger partial charge on any atom is 0.229 e. The second-order valence-corrected chi connectivity index (χ2v) is 11.4. The molecule has 40 heavy (non-hydrogen) atoms. The lowest BCUT2D eigenvalue weighted by molar-refractivity contribution is 0.0556. The van der Waals surface area contributed by atoms with Gasteiger partial charge in [0, 0.05) is 62.1 Å². The first kappa shape index (κ1) is 28.6. The van der Waals surface area contributed by atoms with E-state index in [2.05, 4.69) is 56.4 Å². The number of hydrogen-bond donors (Lipinski definition) is 1. The summed E-state index contributed by atoms with van der Waals surface area (Å²) in [4.78, 5) is 16.9. The summed E-state index contributed by atoms with van der Waals surface area (Å²) in [6.07, 6.45) is 5.28. The van der Waals surface area contributed by atoms with E-state index in [1.54, 1.807) is 18.5 Å². The van der Waals surface area contributed by atoms with Crippen molar-refractivity contribution in [2.45, 2.75) is 44.3 Å². The van der Waals surface area contributed by atoms with Crippen LogP contribution in [0.3, 0.4) is 0 Å². The lowest BCUT2D eigenvalue weighted by Gasteiger charge is -2.42. The maximum absolute atomic E-state index is 15.3. The predicted molar refractivity (Wildman–Crippen MR) is 160 cm³/mol. The van der Waals surface area contributed by atoms with Crippen molar-refractivity contribution >= 4 is 23.3 Å². The number of ether oxygens (including phenoxy) is 2. The van der Waals surface area contributed by atoms with Gasteiger partial charge in [0.05, 0.1) is 48.5 Å². The summed E-state index contributed by atoms with van der Waals surface area (Å²) in [6.45, 7) is 12.7. The van der Waals surface area contributed by atoms with Crippen LogP contribution in [0.5, 0.6) is 5.88 Å². The summed E-state index contributed by atoms with van der Waals surface area (Å²) in [5, 5.41) is 0. The van der Waals surface area contributed by atoms with Crippen LogP contribution >= 0.6 is 11.9 Å². The van der Waals surface area contributed by atoms with Gasteiger partial charge in [-0.2, -0.15) is 0 Å². The largest absolute Gasteiger partial charge is 0.477 e. The smallest absolute Gasteiger partial charge is 0.229 e. The Morgan fingerprint density at radius 3 is 2.58 bits per heavy atom. The van der Waals surface area contributed by atoms with Gasteiger partial charge in [0.15, 0.2) is 0 Å². The standard InChI is InChI=1S/C30H39FN6O2S/c1-5-39-30-29(14-26(17-33-30)37-8-10-38-11-9-37)40-34-25-13-24(15-32-16-25)27-7-6-23(12-28(27)31)20-36-18-21(2)35(4)22(3)19-36/h6-7,12-17,21-22,34H,5,8-11,18-20H2,1-4H3. The van der Waals surface area contributed by atoms with Crippen molar-refractivity contribution in [1.82, 2.24) is 19.8 Å². The maximum atomic E-state index is 15.3. The minimum Gasteiger partial charge on any atom is -0.477 e. The zero-order chi connectivity index (χ0) is 28.1. The molecule has 2 fully saturated rings. The number of hydrogen-bond acceptors (Lipinski definition) is 9. The third kappa shape index (κ3) is 6.86. The van der Waals surface area contributed by atoms with Crippen molar-refractivity contribution in [1.29, 1.82) is 0 Å². The first-order chi connectivity index (χ1) is 19.4. The number of rotatable bonds is 9. The quantitative estimate of drug-likeness (QED) is 0.354. The molecule has 2 aliphatic rings. The van der Waals surface area contributed by atoms with Gasteiger partial charge in [0.2, 0.25) is 5.88 Å². The van der Waals surface area contributed by atoms with Gasteiger partial charge in [0.1, 0.15) is 5.82 Å². The Bertz CT molecular complexity index is 1280. The zero-order valence-electron chi connectivity index (χ0n) is 23.8. The molecule has 0 spiro atoms. The van der Waals surface area contributed by atoms with Gasteiger partial charge in [-0.3, -0.25) is 14.8 Å². The second kappa shape index (κ2) is 13.2. The van der Waals surface area contributed by atoms with Gasteiger partial charge < -0.3 is 19.1 Å². The van der Waals surface area contributed by atoms with E-state index >= 15 is 4.39 Å². The molecular weight excluding hydrogens is 527 g/mol. The van der Waals surface area contributed by atoms with E-state index in [-0.39, 0.29) is 5.82 Å². The highest BCUT2D eigenvalue weighted by Gasteiger charge is 2.26. The number of halogens is 1. The molecule has 214 valence electrons. The van der Waals surface area contributed by atoms with Gasteiger partial charge in [0.25, 0.3) is 0 Å². The second-order valence-electron chi connectivity index (χ2n) is 10.6. The van der Waals surface area contributed by atoms with Crippen LogP contribution in [-0.2, 0) is 11.3 Å². The van der Waals surface area contributed by atoms with E-state index in [1.807, 2.05) is 31.3 Å². The molecule has 10 heteroatoms. The molecule has 4 heterocycles. The van der Waals surface area contributed by atoms with Crippen molar-refractivity contribution in [2.24, 2.45) is 0 Å². The Hall–Kier alpha value is -2.92. The molecule has 0 bridgehead atoms. The van der Waals surface area contributed by atoms with Gasteiger partial charge in [-0.15, -0.1) is 0 Å². The average molecular weight is 567 g/mol. The third-order valence-corrected chi connectivity index (χ3v) is 8.51. The van der Waals surface area contributed by atoms with E-state index in [4.69, 9.17) is 9.47 Å². The predicted octanol–water partition coefficient (Wildman–Crippen LogP) is 5.16. The Morgan fingerprint density at radius 1 is 1.07 bits per heavy atom. The summed E-state index contributed by atoms with van der Waals surface area (Å²) in [6, 6.07) is 10.5. The first-order valence-corrected chi connectivity index (χ1v) is 14.8. The third-order valence-electron chi connectivity index (χ3n) is 7.66. The number of benzene rings is 1. The minimum atomic E-state index is -0.236. The molecule has 2 saturated heterocycles. The van der Waals surface area contributed by atoms with E-state index in [0.717, 1.165) is 60.1 Å². The van der Waals surface area contributed by atoms with Crippen molar-refractivity contribution in [3.63, 3.8) is 0 Å². The van der Waals surface area contributed by atoms with Crippen LogP contribution in [0.15, 0.2) is 53.8 Å². The number of aromatic nitrogens is 2. The van der Waals surface area contributed by atoms with Crippen molar-refractivity contribution in [3.8, 4) is 17.0 Å². The molecule has 3 aromatic rings. The Labute approximate surface area is 241 Å². The lowest BCUT2D eigenvalue weighted by Crippen LogP contribution is -2.54. The molecule has 0 radical (unpaired) electrons. The van der Waals surface area contributed by atoms with Crippen molar-refractivity contribution in [3.05, 3.63) is 60.3 Å². The first-order valence-electron chi connectivity index (χ1n) is 14.0. The average Bonchev–Trinajstić information content (AvgIpc) is 2.96. The SMILES string of the molecule is CCOc1ncc(N2CCOCC2)cc1SNc1cncc(-c2ccc(CN3CC(C)N(C)C(C)C3)cc2F)c1. The van der Waals surface area contributed by atoms with Crippen LogP contribution in [0.1, 0.15) is 26.3 Å². The van der Waals surface area contributed by atoms with Gasteiger partial charge in [-0.1, -0.05) is 12.1 Å². The van der Waals surface area contributed by atoms with E-state index < -0.39 is 0 Å². The molecule has 1 N–H and O–H groups in total. The number of likely N-dealkylation sites (N-methyl/N-ethyl adjacent to an activating group) is 1. The van der Waals surface area contributed by atoms with E-state index in [0.29, 0.717) is 43.3 Å². The molecule has 2 aromatic heterocycles. The fourth-order valence-electron chi connectivity index (χ4n) is 5.28. The van der Waals surface area contributed by atoms with Gasteiger partial charge in [-0.05, 0) is 63.5 Å². The van der Waals surface area contributed by atoms with Gasteiger partial charge in [-0.25, -0.2) is 9.37 Å². The Balaban J connectivity index is 1.27. The Morgan fingerprint density at radius 2 is 1.85 bits per heavy atom. The molecule has 2 aliphatic heterocycles. The minimum absolute atomic E-state index is 0.236. The molecule has 2 unspecified atom stereocenters. The van der Waals surface area contributed by atoms with Crippen LogP contribution in [-0.4, -0.2) is 84.9 Å². The molecule has 0 amide bonds. The molecule has 0 aliphatic carbocycles. The van der Waals surface area contributed by atoms with Gasteiger partial charge >= 0.3 is 0 Å². The molecule has 8 nitrogen and oxygen atoms in total. The number of anilines is 2. The number of nitrogens with zero attached hydrogens (tertiary/aromatic N) is 5. The fraction of sp³-hybridized carbons (Fsp3) is 0.467. The molecular formula is C30H39FN6O2S. The highest BCUT2D eigenvalue weighted by Crippen LogP contribution is 2.33. The zero-order valence-corrected chi connectivity index (χ0v) is 24.6. The number of nitrogens with one attached hydrogen (secondary N) is 1. The number of piperazine rings is 1. The summed E-state index contributed by atoms with van der Waals surface area (Å²) in [5.41, 5.74) is 4.05. The summed E-state index contributed by atoms with van der Waals surface area (Å²) >= 11 is 1.41. The van der Waals surface area contributed by atoms with Crippen LogP contribution < -0.4 is 14.4 Å². The molecule has 0 saturated carbocycles. The van der Waals surface area contributed by atoms with Crippen molar-refractivity contribution in [2.75, 3.05) is 62.7 Å². The van der Waals surface area contributed by atoms with E-state index in [1.165, 1.54) is 11.9 Å². The monoisotopic (exact) mass is 566 g/mol. The summed E-state index contributed by atoms with van der Waals surface area (Å²) in [5.74, 6) is 0.340. The fourth-order valence-corrected chi connectivity index (χ4v) is 6.00. The normalized spacial score (nSPS) is 20.5. The Kier molecular flexibility index (Phi) is 9.41. The number of pyridine rings is 2. The summed E-state index contributed by atoms with van der Waals surface area (Å²) in [7, 11) is 2.17. The molecule has 2 atom stereocenters. The van der Waals surface area contributed by atoms with Crippen LogP contribution in [0.2, 0.25) is 0 Å². The highest BCUT2D eigenvalue weighted by atomic mass is 32.2. The van der Waals surface area contributed by atoms with E-state index in [9.17, 15) is 0 Å². The summed E-state index contributed by atoms with van der Waals surface area (Å²) < 4.78 is 29.9. The topological polar surface area (TPSA) is 66.0 Å². The molecule has 5 rings (SSSR count). The van der Waals surface area contributed by atoms with Crippen LogP contribution in [0.25, 0.3) is 11.1 Å². The lowest BCUT2D eigenvalue weighted by atomic mass is 10.0. The van der Waals surface area contributed by atoms with Crippen LogP contribution in [0.4, 0.5) is 15.8 Å². The number of morpholine rings is 1. The van der Waals surface area contributed by atoms with Crippen LogP contribution in [0, 0.1) is 5.82 Å². The molecule has 1 aromatic carbocycles. The van der Waals surface area contributed by atoms with Crippen molar-refractivity contribution < 1.29 is 13.9 Å². The highest BCUT2D eigenvalue weighted by molar-refractivity contribution is 8.00.